The topological polar surface area (TPSA) is 107 Å². The van der Waals surface area contributed by atoms with Gasteiger partial charge in [0.15, 0.2) is 0 Å². The molecule has 2 aromatic carbocycles. The minimum Gasteiger partial charge on any atom is -0.463 e. The Morgan fingerprint density at radius 2 is 1.68 bits per heavy atom. The summed E-state index contributed by atoms with van der Waals surface area (Å²) in [6.07, 6.45) is 3.73. The molecule has 0 aliphatic heterocycles. The Morgan fingerprint density at radius 1 is 0.951 bits per heavy atom. The Labute approximate surface area is 243 Å². The average molecular weight is 583 g/mol. The molecule has 4 fully saturated rings. The molecule has 0 aromatic heterocycles. The van der Waals surface area contributed by atoms with Gasteiger partial charge in [-0.2, -0.15) is 8.42 Å². The van der Waals surface area contributed by atoms with Crippen molar-refractivity contribution in [2.45, 2.75) is 95.8 Å². The van der Waals surface area contributed by atoms with Crippen molar-refractivity contribution in [1.82, 2.24) is 0 Å². The third-order valence-electron chi connectivity index (χ3n) is 11.8. The molecule has 222 valence electrons. The van der Waals surface area contributed by atoms with Crippen molar-refractivity contribution in [1.29, 1.82) is 0 Å². The molecule has 8 heteroatoms. The minimum atomic E-state index is -4.12. The van der Waals surface area contributed by atoms with Crippen LogP contribution in [0.4, 0.5) is 0 Å². The second-order valence-electron chi connectivity index (χ2n) is 13.7. The van der Waals surface area contributed by atoms with Gasteiger partial charge in [-0.1, -0.05) is 44.2 Å². The molecule has 4 saturated carbocycles. The number of ether oxygens (including phenoxy) is 1. The number of esters is 1. The van der Waals surface area contributed by atoms with Crippen molar-refractivity contribution in [3.05, 3.63) is 42.5 Å². The van der Waals surface area contributed by atoms with E-state index >= 15 is 0 Å². The summed E-state index contributed by atoms with van der Waals surface area (Å²) in [6, 6.07) is 12.6. The Bertz CT molecular complexity index is 1470. The summed E-state index contributed by atoms with van der Waals surface area (Å²) in [5, 5.41) is 13.6. The molecule has 0 bridgehead atoms. The lowest BCUT2D eigenvalue weighted by Crippen LogP contribution is -2.60. The van der Waals surface area contributed by atoms with Gasteiger partial charge in [-0.25, -0.2) is 0 Å². The number of rotatable bonds is 5. The second kappa shape index (κ2) is 10.2. The molecule has 1 N–H and O–H groups in total. The van der Waals surface area contributed by atoms with Gasteiger partial charge >= 0.3 is 5.97 Å². The summed E-state index contributed by atoms with van der Waals surface area (Å²) in [4.78, 5) is 24.7. The fourth-order valence-corrected chi connectivity index (χ4v) is 11.0. The van der Waals surface area contributed by atoms with Gasteiger partial charge in [0.1, 0.15) is 11.9 Å². The molecule has 10 atom stereocenters. The molecule has 2 aromatic rings. The molecule has 4 aliphatic rings. The fraction of sp³-hybridized carbons (Fsp3) is 0.636. The summed E-state index contributed by atoms with van der Waals surface area (Å²) in [5.74, 6) is -0.321. The van der Waals surface area contributed by atoms with Crippen LogP contribution in [0, 0.1) is 40.4 Å². The fourth-order valence-electron chi connectivity index (χ4n) is 9.81. The highest BCUT2D eigenvalue weighted by molar-refractivity contribution is 7.86. The molecule has 6 rings (SSSR count). The number of benzene rings is 2. The van der Waals surface area contributed by atoms with E-state index in [1.165, 1.54) is 6.92 Å². The molecule has 0 heterocycles. The van der Waals surface area contributed by atoms with Crippen LogP contribution in [0.2, 0.25) is 0 Å². The van der Waals surface area contributed by atoms with Crippen LogP contribution in [-0.2, 0) is 28.6 Å². The number of hydrogen-bond donors (Lipinski definition) is 1. The van der Waals surface area contributed by atoms with E-state index in [4.69, 9.17) is 8.92 Å². The van der Waals surface area contributed by atoms with Gasteiger partial charge in [-0.05, 0) is 104 Å². The summed E-state index contributed by atoms with van der Waals surface area (Å²) in [7, 11) is -4.12. The molecule has 0 amide bonds. The molecule has 0 saturated heterocycles. The molecule has 7 nitrogen and oxygen atoms in total. The first kappa shape index (κ1) is 28.8. The Morgan fingerprint density at radius 3 is 2.39 bits per heavy atom. The highest BCUT2D eigenvalue weighted by Gasteiger charge is 2.67. The zero-order valence-electron chi connectivity index (χ0n) is 24.4. The van der Waals surface area contributed by atoms with E-state index in [0.29, 0.717) is 12.3 Å². The normalized spacial score (nSPS) is 40.3. The van der Waals surface area contributed by atoms with E-state index in [9.17, 15) is 23.1 Å². The molecule has 0 radical (unpaired) electrons. The molecule has 0 unspecified atom stereocenters. The van der Waals surface area contributed by atoms with Crippen molar-refractivity contribution < 1.29 is 32.0 Å². The van der Waals surface area contributed by atoms with E-state index in [0.717, 1.165) is 42.9 Å². The van der Waals surface area contributed by atoms with Crippen LogP contribution in [0.5, 0.6) is 0 Å². The lowest BCUT2D eigenvalue weighted by molar-refractivity contribution is -0.186. The molecular formula is C33H42O7S. The van der Waals surface area contributed by atoms with E-state index in [1.807, 2.05) is 31.2 Å². The van der Waals surface area contributed by atoms with Crippen LogP contribution in [0.3, 0.4) is 0 Å². The largest absolute Gasteiger partial charge is 0.463 e. The second-order valence-corrected chi connectivity index (χ2v) is 15.3. The molecular weight excluding hydrogens is 540 g/mol. The first-order valence-corrected chi connectivity index (χ1v) is 16.5. The number of fused-ring (bicyclic) bond motifs is 6. The maximum atomic E-state index is 13.7. The molecule has 41 heavy (non-hydrogen) atoms. The monoisotopic (exact) mass is 582 g/mol. The SMILES string of the molecule is CC(=O)O[C@H]1CC[C@@]2(C)[C@H](CC[C@H]3[C@@H]4[C@@H](OS(=O)(=O)c5ccc6ccccc6c5)C[C@H](C(C)=O)[C@@]4(C)[C@H](O)C[C@@H]32)C1. The Balaban J connectivity index is 1.33. The smallest absolute Gasteiger partial charge is 0.302 e. The average Bonchev–Trinajstić information content (AvgIpc) is 3.22. The van der Waals surface area contributed by atoms with Gasteiger partial charge < -0.3 is 9.84 Å². The van der Waals surface area contributed by atoms with E-state index in [1.54, 1.807) is 25.1 Å². The maximum absolute atomic E-state index is 13.7. The highest BCUT2D eigenvalue weighted by Crippen LogP contribution is 2.68. The summed E-state index contributed by atoms with van der Waals surface area (Å²) < 4.78 is 39.2. The zero-order valence-corrected chi connectivity index (χ0v) is 25.2. The standard InChI is InChI=1S/C33H42O7S/c1-19(34)27-17-29(40-41(37,38)25-11-9-21-7-5-6-8-22(21)15-25)31-26-12-10-23-16-24(39-20(2)35)13-14-32(23,3)28(26)18-30(36)33(27,31)4/h5-9,11,15,23-24,26-31,36H,10,12-14,16-18H2,1-4H3/t23-,24+,26-,27-,28+,29+,30-,31-,32+,33+/m1/s1. The third-order valence-corrected chi connectivity index (χ3v) is 13.1. The van der Waals surface area contributed by atoms with E-state index in [-0.39, 0.29) is 52.3 Å². The predicted octanol–water partition coefficient (Wildman–Crippen LogP) is 5.67. The lowest BCUT2D eigenvalue weighted by Gasteiger charge is -2.62. The van der Waals surface area contributed by atoms with Crippen molar-refractivity contribution >= 4 is 32.6 Å². The number of carbonyl (C=O) groups excluding carboxylic acids is 2. The number of carbonyl (C=O) groups is 2. The van der Waals surface area contributed by atoms with Crippen LogP contribution in [0.1, 0.15) is 72.6 Å². The van der Waals surface area contributed by atoms with Gasteiger partial charge in [-0.3, -0.25) is 13.8 Å². The van der Waals surface area contributed by atoms with Crippen LogP contribution in [0.15, 0.2) is 47.4 Å². The Hall–Kier alpha value is -2.29. The van der Waals surface area contributed by atoms with E-state index in [2.05, 4.69) is 6.92 Å². The number of hydrogen-bond acceptors (Lipinski definition) is 7. The third kappa shape index (κ3) is 4.65. The minimum absolute atomic E-state index is 0.0222. The molecule has 4 aliphatic carbocycles. The van der Waals surface area contributed by atoms with Crippen molar-refractivity contribution in [3.63, 3.8) is 0 Å². The van der Waals surface area contributed by atoms with Gasteiger partial charge in [0, 0.05) is 18.3 Å². The first-order chi connectivity index (χ1) is 19.3. The van der Waals surface area contributed by atoms with Crippen LogP contribution < -0.4 is 0 Å². The lowest BCUT2D eigenvalue weighted by atomic mass is 9.44. The number of aliphatic hydroxyl groups is 1. The highest BCUT2D eigenvalue weighted by atomic mass is 32.2. The van der Waals surface area contributed by atoms with Crippen LogP contribution >= 0.6 is 0 Å². The summed E-state index contributed by atoms with van der Waals surface area (Å²) in [5.41, 5.74) is -0.813. The summed E-state index contributed by atoms with van der Waals surface area (Å²) in [6.45, 7) is 7.32. The molecule has 0 spiro atoms. The van der Waals surface area contributed by atoms with Gasteiger partial charge in [0.2, 0.25) is 0 Å². The number of ketones is 1. The van der Waals surface area contributed by atoms with Crippen LogP contribution in [-0.4, -0.2) is 43.6 Å². The maximum Gasteiger partial charge on any atom is 0.302 e. The number of aliphatic hydroxyl groups excluding tert-OH is 1. The van der Waals surface area contributed by atoms with Crippen LogP contribution in [0.25, 0.3) is 10.8 Å². The quantitative estimate of drug-likeness (QED) is 0.357. The van der Waals surface area contributed by atoms with Gasteiger partial charge in [0.25, 0.3) is 10.1 Å². The number of Topliss-reactive ketones (excluding diaryl/α,β-unsaturated/α-hetero) is 1. The zero-order chi connectivity index (χ0) is 29.3. The van der Waals surface area contributed by atoms with Crippen molar-refractivity contribution in [3.8, 4) is 0 Å². The summed E-state index contributed by atoms with van der Waals surface area (Å²) >= 11 is 0. The Kier molecular flexibility index (Phi) is 7.14. The predicted molar refractivity (Wildman–Crippen MR) is 154 cm³/mol. The van der Waals surface area contributed by atoms with E-state index < -0.39 is 33.7 Å². The van der Waals surface area contributed by atoms with Crippen molar-refractivity contribution in [2.24, 2.45) is 40.4 Å². The van der Waals surface area contributed by atoms with Crippen molar-refractivity contribution in [2.75, 3.05) is 0 Å². The van der Waals surface area contributed by atoms with Gasteiger partial charge in [-0.15, -0.1) is 0 Å². The van der Waals surface area contributed by atoms with Gasteiger partial charge in [0.05, 0.1) is 17.1 Å². The first-order valence-electron chi connectivity index (χ1n) is 15.1.